The first-order valence-corrected chi connectivity index (χ1v) is 10.2. The second kappa shape index (κ2) is 7.78. The van der Waals surface area contributed by atoms with Crippen molar-refractivity contribution in [3.8, 4) is 0 Å². The zero-order valence-corrected chi connectivity index (χ0v) is 17.3. The molecule has 3 N–H and O–H groups in total. The van der Waals surface area contributed by atoms with Crippen LogP contribution >= 0.6 is 22.9 Å². The molecule has 10 nitrogen and oxygen atoms in total. The quantitative estimate of drug-likeness (QED) is 0.570. The maximum Gasteiger partial charge on any atom is 0.322 e. The van der Waals surface area contributed by atoms with Gasteiger partial charge in [0.05, 0.1) is 23.8 Å². The highest BCUT2D eigenvalue weighted by Gasteiger charge is 2.50. The molecule has 13 heteroatoms. The smallest absolute Gasteiger partial charge is 0.322 e. The SMILES string of the molecule is CN1CC(C(=O)NCC2(c3nccs3)NC(=O)NC2=O)=NN1C1=CC(F)=C(Cl)CC1. The van der Waals surface area contributed by atoms with E-state index in [0.29, 0.717) is 23.5 Å². The first-order valence-electron chi connectivity index (χ1n) is 8.95. The molecule has 30 heavy (non-hydrogen) atoms. The van der Waals surface area contributed by atoms with Gasteiger partial charge in [-0.25, -0.2) is 14.2 Å². The van der Waals surface area contributed by atoms with Crippen molar-refractivity contribution in [1.82, 2.24) is 31.1 Å². The summed E-state index contributed by atoms with van der Waals surface area (Å²) in [6, 6.07) is -0.661. The predicted octanol–water partition coefficient (Wildman–Crippen LogP) is 0.910. The minimum Gasteiger partial charge on any atom is -0.348 e. The summed E-state index contributed by atoms with van der Waals surface area (Å²) in [6.07, 6.45) is 3.63. The van der Waals surface area contributed by atoms with Gasteiger partial charge in [0.15, 0.2) is 5.54 Å². The zero-order chi connectivity index (χ0) is 21.5. The van der Waals surface area contributed by atoms with Crippen molar-refractivity contribution in [1.29, 1.82) is 0 Å². The van der Waals surface area contributed by atoms with Crippen LogP contribution in [0.2, 0.25) is 0 Å². The Kier molecular flexibility index (Phi) is 5.30. The Balaban J connectivity index is 1.49. The van der Waals surface area contributed by atoms with Crippen molar-refractivity contribution in [2.24, 2.45) is 5.10 Å². The lowest BCUT2D eigenvalue weighted by Gasteiger charge is -2.26. The standard InChI is InChI=1S/C17H17ClFN7O3S/c1-25-7-12(24-26(25)9-2-3-10(18)11(19)6-9)13(27)21-8-17(15-20-4-5-30-15)14(28)22-16(29)23-17/h4-6H,2-3,7-8H2,1H3,(H,21,27)(H2,22,23,28,29). The van der Waals surface area contributed by atoms with Crippen LogP contribution in [0.15, 0.2) is 39.3 Å². The second-order valence-electron chi connectivity index (χ2n) is 6.87. The molecule has 0 radical (unpaired) electrons. The molecule has 1 unspecified atom stereocenters. The molecule has 1 aromatic rings. The number of halogens is 2. The van der Waals surface area contributed by atoms with Crippen LogP contribution in [0.3, 0.4) is 0 Å². The van der Waals surface area contributed by atoms with Crippen LogP contribution in [0.5, 0.6) is 0 Å². The van der Waals surface area contributed by atoms with Gasteiger partial charge in [-0.05, 0) is 18.9 Å². The normalized spacial score (nSPS) is 24.6. The molecule has 4 amide bonds. The lowest BCUT2D eigenvalue weighted by Crippen LogP contribution is -2.53. The Bertz CT molecular complexity index is 1010. The summed E-state index contributed by atoms with van der Waals surface area (Å²) in [5, 5.41) is 17.0. The fourth-order valence-electron chi connectivity index (χ4n) is 3.31. The van der Waals surface area contributed by atoms with E-state index in [2.05, 4.69) is 26.0 Å². The molecular weight excluding hydrogens is 437 g/mol. The van der Waals surface area contributed by atoms with E-state index in [1.54, 1.807) is 17.4 Å². The number of imide groups is 1. The lowest BCUT2D eigenvalue weighted by atomic mass is 10.0. The van der Waals surface area contributed by atoms with Gasteiger partial charge in [-0.1, -0.05) is 11.6 Å². The van der Waals surface area contributed by atoms with Crippen molar-refractivity contribution >= 4 is 46.5 Å². The highest BCUT2D eigenvalue weighted by Crippen LogP contribution is 2.31. The first-order chi connectivity index (χ1) is 14.3. The maximum absolute atomic E-state index is 13.8. The number of urea groups is 1. The number of rotatable bonds is 5. The van der Waals surface area contributed by atoms with Crippen LogP contribution in [-0.2, 0) is 15.1 Å². The molecule has 0 bridgehead atoms. The second-order valence-corrected chi connectivity index (χ2v) is 8.22. The summed E-state index contributed by atoms with van der Waals surface area (Å²) in [5.41, 5.74) is -0.732. The number of hydrazine groups is 1. The molecule has 3 aliphatic rings. The highest BCUT2D eigenvalue weighted by molar-refractivity contribution is 7.09. The summed E-state index contributed by atoms with van der Waals surface area (Å²) >= 11 is 6.98. The predicted molar refractivity (Wildman–Crippen MR) is 107 cm³/mol. The fraction of sp³-hybridized carbons (Fsp3) is 0.353. The van der Waals surface area contributed by atoms with Gasteiger partial charge < -0.3 is 10.6 Å². The number of carbonyl (C=O) groups is 3. The van der Waals surface area contributed by atoms with E-state index in [0.717, 1.165) is 0 Å². The van der Waals surface area contributed by atoms with Gasteiger partial charge in [0, 0.05) is 18.6 Å². The van der Waals surface area contributed by atoms with Crippen molar-refractivity contribution < 1.29 is 18.8 Å². The van der Waals surface area contributed by atoms with Crippen molar-refractivity contribution in [2.45, 2.75) is 18.4 Å². The van der Waals surface area contributed by atoms with E-state index in [1.165, 1.54) is 28.7 Å². The number of allylic oxidation sites excluding steroid dienone is 4. The Morgan fingerprint density at radius 3 is 2.87 bits per heavy atom. The number of nitrogens with one attached hydrogen (secondary N) is 3. The maximum atomic E-state index is 13.8. The van der Waals surface area contributed by atoms with Crippen LogP contribution in [0.1, 0.15) is 17.8 Å². The third-order valence-electron chi connectivity index (χ3n) is 4.84. The van der Waals surface area contributed by atoms with Gasteiger partial charge in [-0.3, -0.25) is 14.9 Å². The van der Waals surface area contributed by atoms with E-state index < -0.39 is 29.2 Å². The van der Waals surface area contributed by atoms with Gasteiger partial charge >= 0.3 is 6.03 Å². The highest BCUT2D eigenvalue weighted by atomic mass is 35.5. The summed E-state index contributed by atoms with van der Waals surface area (Å²) in [5.74, 6) is -1.63. The lowest BCUT2D eigenvalue weighted by molar-refractivity contribution is -0.124. The molecule has 0 saturated carbocycles. The van der Waals surface area contributed by atoms with Crippen molar-refractivity contribution in [3.63, 3.8) is 0 Å². The van der Waals surface area contributed by atoms with Crippen LogP contribution in [0, 0.1) is 0 Å². The average molecular weight is 454 g/mol. The third-order valence-corrected chi connectivity index (χ3v) is 6.15. The number of aromatic nitrogens is 1. The fourth-order valence-corrected chi connectivity index (χ4v) is 4.25. The zero-order valence-electron chi connectivity index (χ0n) is 15.7. The summed E-state index contributed by atoms with van der Waals surface area (Å²) in [6.45, 7) is -0.0135. The molecule has 3 heterocycles. The minimum atomic E-state index is -1.48. The average Bonchev–Trinajstić information content (AvgIpc) is 3.42. The molecule has 1 fully saturated rings. The summed E-state index contributed by atoms with van der Waals surface area (Å²) in [4.78, 5) is 41.0. The van der Waals surface area contributed by atoms with E-state index in [1.807, 2.05) is 0 Å². The van der Waals surface area contributed by atoms with Crippen LogP contribution in [0.4, 0.5) is 9.18 Å². The molecular formula is C17H17ClFN7O3S. The van der Waals surface area contributed by atoms with Gasteiger partial charge in [0.1, 0.15) is 16.5 Å². The van der Waals surface area contributed by atoms with E-state index >= 15 is 0 Å². The molecule has 1 aliphatic carbocycles. The Hall–Kier alpha value is -2.83. The molecule has 1 saturated heterocycles. The molecule has 2 aliphatic heterocycles. The number of hydrogen-bond acceptors (Lipinski definition) is 8. The molecule has 1 atom stereocenters. The van der Waals surface area contributed by atoms with Crippen molar-refractivity contribution in [2.75, 3.05) is 20.1 Å². The number of nitrogens with zero attached hydrogens (tertiary/aromatic N) is 4. The molecule has 0 spiro atoms. The minimum absolute atomic E-state index is 0.159. The molecule has 158 valence electrons. The largest absolute Gasteiger partial charge is 0.348 e. The Morgan fingerprint density at radius 2 is 2.23 bits per heavy atom. The van der Waals surface area contributed by atoms with Gasteiger partial charge in [-0.15, -0.1) is 11.3 Å². The Labute approximate surface area is 179 Å². The topological polar surface area (TPSA) is 119 Å². The number of amides is 4. The van der Waals surface area contributed by atoms with Crippen LogP contribution in [-0.4, -0.2) is 58.8 Å². The number of carbonyl (C=O) groups excluding carboxylic acids is 3. The summed E-state index contributed by atoms with van der Waals surface area (Å²) in [7, 11) is 1.71. The number of thiazole rings is 1. The monoisotopic (exact) mass is 453 g/mol. The molecule has 0 aromatic carbocycles. The van der Waals surface area contributed by atoms with E-state index in [4.69, 9.17) is 11.6 Å². The summed E-state index contributed by atoms with van der Waals surface area (Å²) < 4.78 is 13.8. The molecule has 4 rings (SSSR count). The van der Waals surface area contributed by atoms with E-state index in [9.17, 15) is 18.8 Å². The first kappa shape index (κ1) is 20.4. The van der Waals surface area contributed by atoms with E-state index in [-0.39, 0.29) is 23.8 Å². The molecule has 1 aromatic heterocycles. The van der Waals surface area contributed by atoms with Gasteiger partial charge in [-0.2, -0.15) is 15.2 Å². The van der Waals surface area contributed by atoms with Gasteiger partial charge in [0.2, 0.25) is 0 Å². The number of hydrazone groups is 1. The number of hydrogen-bond donors (Lipinski definition) is 3. The Morgan fingerprint density at radius 1 is 1.43 bits per heavy atom. The van der Waals surface area contributed by atoms with Gasteiger partial charge in [0.25, 0.3) is 11.8 Å². The van der Waals surface area contributed by atoms with Crippen molar-refractivity contribution in [3.05, 3.63) is 39.2 Å². The third kappa shape index (κ3) is 3.57. The van der Waals surface area contributed by atoms with Crippen LogP contribution < -0.4 is 16.0 Å². The van der Waals surface area contributed by atoms with Crippen LogP contribution in [0.25, 0.3) is 0 Å².